The first kappa shape index (κ1) is 19.1. The largest absolute Gasteiger partial charge is 0.318 e. The van der Waals surface area contributed by atoms with Gasteiger partial charge in [-0.15, -0.1) is 0 Å². The minimum Gasteiger partial charge on any atom is -0.318 e. The normalized spacial score (nSPS) is 11.1. The predicted octanol–water partition coefficient (Wildman–Crippen LogP) is 5.24. The molecule has 0 aliphatic heterocycles. The maximum atomic E-state index is 12.1. The Balaban J connectivity index is 1.79. The van der Waals surface area contributed by atoms with Crippen molar-refractivity contribution < 1.29 is 4.79 Å². The van der Waals surface area contributed by atoms with Gasteiger partial charge in [0.2, 0.25) is 0 Å². The van der Waals surface area contributed by atoms with Gasteiger partial charge in [0.1, 0.15) is 0 Å². The van der Waals surface area contributed by atoms with Gasteiger partial charge in [-0.25, -0.2) is 5.43 Å². The Labute approximate surface area is 168 Å². The molecule has 0 saturated carbocycles. The lowest BCUT2D eigenvalue weighted by molar-refractivity contribution is 0.0955. The van der Waals surface area contributed by atoms with Crippen LogP contribution in [0.2, 0.25) is 0 Å². The molecule has 0 saturated heterocycles. The molecule has 0 atom stereocenters. The summed E-state index contributed by atoms with van der Waals surface area (Å²) in [6.45, 7) is 8.35. The Morgan fingerprint density at radius 3 is 2.37 bits per heavy atom. The fourth-order valence-electron chi connectivity index (χ4n) is 3.01. The molecule has 0 spiro atoms. The van der Waals surface area contributed by atoms with Crippen LogP contribution in [-0.4, -0.2) is 16.7 Å². The summed E-state index contributed by atoms with van der Waals surface area (Å²) in [6, 6.07) is 15.7. The highest BCUT2D eigenvalue weighted by atomic mass is 79.9. The van der Waals surface area contributed by atoms with Gasteiger partial charge >= 0.3 is 0 Å². The number of hydrogen-bond acceptors (Lipinski definition) is 2. The number of halogens is 1. The minimum atomic E-state index is -0.235. The summed E-state index contributed by atoms with van der Waals surface area (Å²) in [6.07, 6.45) is 1.69. The van der Waals surface area contributed by atoms with Crippen LogP contribution in [0.25, 0.3) is 5.69 Å². The predicted molar refractivity (Wildman–Crippen MR) is 114 cm³/mol. The second-order valence-corrected chi connectivity index (χ2v) is 7.55. The summed E-state index contributed by atoms with van der Waals surface area (Å²) < 4.78 is 3.13. The number of aryl methyl sites for hydroxylation is 3. The lowest BCUT2D eigenvalue weighted by Crippen LogP contribution is -2.17. The van der Waals surface area contributed by atoms with E-state index in [0.29, 0.717) is 5.56 Å². The first-order valence-electron chi connectivity index (χ1n) is 8.72. The molecule has 1 amide bonds. The van der Waals surface area contributed by atoms with E-state index in [2.05, 4.69) is 83.0 Å². The van der Waals surface area contributed by atoms with Gasteiger partial charge in [0.25, 0.3) is 5.91 Å². The molecule has 0 unspecified atom stereocenters. The van der Waals surface area contributed by atoms with Gasteiger partial charge in [-0.3, -0.25) is 4.79 Å². The highest BCUT2D eigenvalue weighted by Crippen LogP contribution is 2.21. The van der Waals surface area contributed by atoms with Crippen molar-refractivity contribution in [1.82, 2.24) is 9.99 Å². The molecule has 138 valence electrons. The molecule has 1 heterocycles. The van der Waals surface area contributed by atoms with Gasteiger partial charge in [-0.1, -0.05) is 22.0 Å². The van der Waals surface area contributed by atoms with E-state index in [0.717, 1.165) is 27.1 Å². The summed E-state index contributed by atoms with van der Waals surface area (Å²) in [5.74, 6) is -0.235. The van der Waals surface area contributed by atoms with E-state index in [1.807, 2.05) is 12.1 Å². The van der Waals surface area contributed by atoms with Crippen LogP contribution in [0.5, 0.6) is 0 Å². The molecule has 5 heteroatoms. The molecule has 4 nitrogen and oxygen atoms in total. The standard InChI is InChI=1S/C22H22BrN3O/c1-14-5-10-21(11-15(14)2)26-16(3)12-19(17(26)4)13-24-25-22(27)18-6-8-20(23)9-7-18/h5-13H,1-4H3,(H,25,27)/b24-13-. The Hall–Kier alpha value is -2.66. The van der Waals surface area contributed by atoms with Crippen LogP contribution in [0.3, 0.4) is 0 Å². The van der Waals surface area contributed by atoms with Gasteiger partial charge in [0.05, 0.1) is 6.21 Å². The quantitative estimate of drug-likeness (QED) is 0.452. The number of carbonyl (C=O) groups is 1. The zero-order valence-corrected chi connectivity index (χ0v) is 17.5. The van der Waals surface area contributed by atoms with Crippen LogP contribution in [0.15, 0.2) is 58.1 Å². The number of nitrogens with one attached hydrogen (secondary N) is 1. The van der Waals surface area contributed by atoms with Crippen LogP contribution in [0.1, 0.15) is 38.4 Å². The first-order valence-corrected chi connectivity index (χ1v) is 9.51. The molecule has 3 rings (SSSR count). The van der Waals surface area contributed by atoms with Crippen molar-refractivity contribution >= 4 is 28.1 Å². The molecule has 0 aliphatic carbocycles. The minimum absolute atomic E-state index is 0.235. The Morgan fingerprint density at radius 2 is 1.70 bits per heavy atom. The highest BCUT2D eigenvalue weighted by Gasteiger charge is 2.10. The van der Waals surface area contributed by atoms with Gasteiger partial charge in [0.15, 0.2) is 0 Å². The van der Waals surface area contributed by atoms with Crippen LogP contribution < -0.4 is 5.43 Å². The van der Waals surface area contributed by atoms with E-state index in [9.17, 15) is 4.79 Å². The monoisotopic (exact) mass is 423 g/mol. The van der Waals surface area contributed by atoms with E-state index in [-0.39, 0.29) is 5.91 Å². The lowest BCUT2D eigenvalue weighted by Gasteiger charge is -2.11. The van der Waals surface area contributed by atoms with Gasteiger partial charge < -0.3 is 4.57 Å². The van der Waals surface area contributed by atoms with Crippen molar-refractivity contribution in [3.63, 3.8) is 0 Å². The average Bonchev–Trinajstić information content (AvgIpc) is 2.92. The number of rotatable bonds is 4. The van der Waals surface area contributed by atoms with E-state index in [1.54, 1.807) is 18.3 Å². The fourth-order valence-corrected chi connectivity index (χ4v) is 3.27. The van der Waals surface area contributed by atoms with Crippen LogP contribution in [0, 0.1) is 27.7 Å². The summed E-state index contributed by atoms with van der Waals surface area (Å²) in [4.78, 5) is 12.1. The third-order valence-electron chi connectivity index (χ3n) is 4.70. The smallest absolute Gasteiger partial charge is 0.271 e. The topological polar surface area (TPSA) is 46.4 Å². The zero-order valence-electron chi connectivity index (χ0n) is 15.9. The number of benzene rings is 2. The molecular formula is C22H22BrN3O. The van der Waals surface area contributed by atoms with Crippen molar-refractivity contribution in [2.24, 2.45) is 5.10 Å². The number of hydrogen-bond donors (Lipinski definition) is 1. The molecule has 0 bridgehead atoms. The highest BCUT2D eigenvalue weighted by molar-refractivity contribution is 9.10. The van der Waals surface area contributed by atoms with Gasteiger partial charge in [-0.05, 0) is 81.3 Å². The number of aromatic nitrogens is 1. The van der Waals surface area contributed by atoms with Crippen molar-refractivity contribution in [3.05, 3.63) is 86.6 Å². The summed E-state index contributed by atoms with van der Waals surface area (Å²) in [7, 11) is 0. The van der Waals surface area contributed by atoms with E-state index < -0.39 is 0 Å². The van der Waals surface area contributed by atoms with E-state index in [1.165, 1.54) is 11.1 Å². The second kappa shape index (κ2) is 7.92. The van der Waals surface area contributed by atoms with E-state index >= 15 is 0 Å². The maximum Gasteiger partial charge on any atom is 0.271 e. The van der Waals surface area contributed by atoms with Gasteiger partial charge in [0, 0.05) is 32.7 Å². The number of hydrazone groups is 1. The Kier molecular flexibility index (Phi) is 5.61. The van der Waals surface area contributed by atoms with E-state index in [4.69, 9.17) is 0 Å². The van der Waals surface area contributed by atoms with Crippen molar-refractivity contribution in [2.75, 3.05) is 0 Å². The number of carbonyl (C=O) groups excluding carboxylic acids is 1. The van der Waals surface area contributed by atoms with Crippen molar-refractivity contribution in [2.45, 2.75) is 27.7 Å². The number of amides is 1. The zero-order chi connectivity index (χ0) is 19.6. The van der Waals surface area contributed by atoms with Crippen LogP contribution in [-0.2, 0) is 0 Å². The molecule has 0 fully saturated rings. The summed E-state index contributed by atoms with van der Waals surface area (Å²) in [5.41, 5.74) is 10.00. The molecule has 2 aromatic carbocycles. The molecule has 3 aromatic rings. The molecule has 1 N–H and O–H groups in total. The van der Waals surface area contributed by atoms with Crippen molar-refractivity contribution in [3.8, 4) is 5.69 Å². The SMILES string of the molecule is Cc1ccc(-n2c(C)cc(/C=N\NC(=O)c3ccc(Br)cc3)c2C)cc1C. The summed E-state index contributed by atoms with van der Waals surface area (Å²) >= 11 is 3.36. The third kappa shape index (κ3) is 4.19. The number of nitrogens with zero attached hydrogens (tertiary/aromatic N) is 2. The maximum absolute atomic E-state index is 12.1. The fraction of sp³-hybridized carbons (Fsp3) is 0.182. The molecule has 27 heavy (non-hydrogen) atoms. The molecular weight excluding hydrogens is 402 g/mol. The van der Waals surface area contributed by atoms with Gasteiger partial charge in [-0.2, -0.15) is 5.10 Å². The Morgan fingerprint density at radius 1 is 1.00 bits per heavy atom. The first-order chi connectivity index (χ1) is 12.9. The second-order valence-electron chi connectivity index (χ2n) is 6.64. The molecule has 0 aliphatic rings. The van der Waals surface area contributed by atoms with Crippen molar-refractivity contribution in [1.29, 1.82) is 0 Å². The van der Waals surface area contributed by atoms with Crippen LogP contribution in [0.4, 0.5) is 0 Å². The average molecular weight is 424 g/mol. The Bertz CT molecular complexity index is 1020. The third-order valence-corrected chi connectivity index (χ3v) is 5.22. The summed E-state index contributed by atoms with van der Waals surface area (Å²) in [5, 5.41) is 4.13. The molecule has 1 aromatic heterocycles. The van der Waals surface area contributed by atoms with Crippen LogP contribution >= 0.6 is 15.9 Å². The molecule has 0 radical (unpaired) electrons. The lowest BCUT2D eigenvalue weighted by atomic mass is 10.1.